The predicted molar refractivity (Wildman–Crippen MR) is 70.7 cm³/mol. The minimum absolute atomic E-state index is 0.0106. The maximum atomic E-state index is 11.0. The fourth-order valence-electron chi connectivity index (χ4n) is 2.04. The fraction of sp³-hybridized carbons (Fsp3) is 0.545. The van der Waals surface area contributed by atoms with Gasteiger partial charge in [-0.15, -0.1) is 0 Å². The molecular formula is C11H14BrN3O3. The van der Waals surface area contributed by atoms with Crippen molar-refractivity contribution in [3.8, 4) is 0 Å². The molecule has 1 fully saturated rings. The molecule has 2 atom stereocenters. The number of anilines is 1. The van der Waals surface area contributed by atoms with Crippen LogP contribution in [0.1, 0.15) is 19.8 Å². The van der Waals surface area contributed by atoms with Crippen LogP contribution in [0.4, 0.5) is 11.4 Å². The van der Waals surface area contributed by atoms with Gasteiger partial charge < -0.3 is 10.1 Å². The maximum absolute atomic E-state index is 11.0. The Morgan fingerprint density at radius 1 is 1.61 bits per heavy atom. The van der Waals surface area contributed by atoms with E-state index in [4.69, 9.17) is 4.74 Å². The van der Waals surface area contributed by atoms with Crippen LogP contribution >= 0.6 is 15.9 Å². The van der Waals surface area contributed by atoms with Crippen molar-refractivity contribution in [2.45, 2.75) is 31.9 Å². The Balaban J connectivity index is 2.20. The van der Waals surface area contributed by atoms with Gasteiger partial charge in [0.15, 0.2) is 0 Å². The first-order valence-corrected chi connectivity index (χ1v) is 6.53. The van der Waals surface area contributed by atoms with Gasteiger partial charge in [0.25, 0.3) is 0 Å². The van der Waals surface area contributed by atoms with Crippen LogP contribution in [0.2, 0.25) is 0 Å². The maximum Gasteiger partial charge on any atom is 0.311 e. The van der Waals surface area contributed by atoms with Crippen molar-refractivity contribution in [1.82, 2.24) is 4.98 Å². The number of nitro groups is 1. The standard InChI is InChI=1S/C11H14BrN3O3/c1-7-4-8(2-3-18-7)14-11-9(12)5-13-6-10(11)15(16)17/h5-8H,2-4H2,1H3,(H,13,14). The van der Waals surface area contributed by atoms with Crippen molar-refractivity contribution >= 4 is 27.3 Å². The van der Waals surface area contributed by atoms with Gasteiger partial charge in [0, 0.05) is 18.8 Å². The largest absolute Gasteiger partial charge is 0.378 e. The van der Waals surface area contributed by atoms with Crippen LogP contribution in [0.25, 0.3) is 0 Å². The van der Waals surface area contributed by atoms with E-state index < -0.39 is 4.92 Å². The van der Waals surface area contributed by atoms with Crippen LogP contribution in [0.3, 0.4) is 0 Å². The van der Waals surface area contributed by atoms with Crippen molar-refractivity contribution in [3.05, 3.63) is 27.0 Å². The van der Waals surface area contributed by atoms with Crippen molar-refractivity contribution in [2.75, 3.05) is 11.9 Å². The van der Waals surface area contributed by atoms with Gasteiger partial charge in [-0.25, -0.2) is 0 Å². The predicted octanol–water partition coefficient (Wildman–Crippen LogP) is 2.73. The first-order chi connectivity index (χ1) is 8.58. The van der Waals surface area contributed by atoms with Gasteiger partial charge in [0.1, 0.15) is 11.9 Å². The SMILES string of the molecule is CC1CC(Nc2c(Br)cncc2[N+](=O)[O-])CCO1. The molecule has 2 unspecified atom stereocenters. The highest BCUT2D eigenvalue weighted by molar-refractivity contribution is 9.10. The summed E-state index contributed by atoms with van der Waals surface area (Å²) in [5.74, 6) is 0. The van der Waals surface area contributed by atoms with Crippen LogP contribution in [-0.2, 0) is 4.74 Å². The first kappa shape index (κ1) is 13.2. The average molecular weight is 316 g/mol. The van der Waals surface area contributed by atoms with Crippen molar-refractivity contribution < 1.29 is 9.66 Å². The average Bonchev–Trinajstić information content (AvgIpc) is 2.31. The summed E-state index contributed by atoms with van der Waals surface area (Å²) in [6.45, 7) is 2.68. The Labute approximate surface area is 113 Å². The molecule has 0 saturated carbocycles. The summed E-state index contributed by atoms with van der Waals surface area (Å²) >= 11 is 3.30. The second-order valence-electron chi connectivity index (χ2n) is 4.32. The number of ether oxygens (including phenoxy) is 1. The molecule has 1 saturated heterocycles. The van der Waals surface area contributed by atoms with Gasteiger partial charge in [-0.2, -0.15) is 0 Å². The summed E-state index contributed by atoms with van der Waals surface area (Å²) in [4.78, 5) is 14.4. The zero-order valence-electron chi connectivity index (χ0n) is 9.93. The van der Waals surface area contributed by atoms with E-state index in [1.54, 1.807) is 6.20 Å². The minimum atomic E-state index is -0.428. The van der Waals surface area contributed by atoms with Crippen LogP contribution in [0.5, 0.6) is 0 Å². The molecule has 1 N–H and O–H groups in total. The third kappa shape index (κ3) is 2.97. The Morgan fingerprint density at radius 3 is 3.06 bits per heavy atom. The van der Waals surface area contributed by atoms with E-state index >= 15 is 0 Å². The number of pyridine rings is 1. The molecule has 1 aromatic rings. The van der Waals surface area contributed by atoms with Crippen LogP contribution in [0, 0.1) is 10.1 Å². The van der Waals surface area contributed by atoms with Gasteiger partial charge >= 0.3 is 5.69 Å². The highest BCUT2D eigenvalue weighted by Gasteiger charge is 2.24. The third-order valence-electron chi connectivity index (χ3n) is 2.91. The second-order valence-corrected chi connectivity index (χ2v) is 5.17. The number of rotatable bonds is 3. The Morgan fingerprint density at radius 2 is 2.39 bits per heavy atom. The fourth-order valence-corrected chi connectivity index (χ4v) is 2.48. The number of nitrogens with one attached hydrogen (secondary N) is 1. The second kappa shape index (κ2) is 5.62. The van der Waals surface area contributed by atoms with E-state index in [0.717, 1.165) is 12.8 Å². The zero-order valence-corrected chi connectivity index (χ0v) is 11.5. The molecule has 0 radical (unpaired) electrons. The van der Waals surface area contributed by atoms with Gasteiger partial charge in [0.05, 0.1) is 15.5 Å². The molecule has 18 heavy (non-hydrogen) atoms. The number of hydrogen-bond acceptors (Lipinski definition) is 5. The molecule has 2 rings (SSSR count). The number of hydrogen-bond donors (Lipinski definition) is 1. The topological polar surface area (TPSA) is 77.3 Å². The lowest BCUT2D eigenvalue weighted by atomic mass is 10.0. The minimum Gasteiger partial charge on any atom is -0.378 e. The molecule has 1 aromatic heterocycles. The summed E-state index contributed by atoms with van der Waals surface area (Å²) in [5, 5.41) is 14.2. The number of nitrogens with zero attached hydrogens (tertiary/aromatic N) is 2. The zero-order chi connectivity index (χ0) is 13.1. The molecule has 7 heteroatoms. The molecule has 1 aliphatic rings. The molecule has 0 spiro atoms. The van der Waals surface area contributed by atoms with Crippen molar-refractivity contribution in [1.29, 1.82) is 0 Å². The monoisotopic (exact) mass is 315 g/mol. The lowest BCUT2D eigenvalue weighted by Crippen LogP contribution is -2.32. The molecule has 98 valence electrons. The normalized spacial score (nSPS) is 23.7. The summed E-state index contributed by atoms with van der Waals surface area (Å²) in [6.07, 6.45) is 4.67. The molecular weight excluding hydrogens is 302 g/mol. The van der Waals surface area contributed by atoms with E-state index in [9.17, 15) is 10.1 Å². The van der Waals surface area contributed by atoms with Crippen LogP contribution in [0.15, 0.2) is 16.9 Å². The van der Waals surface area contributed by atoms with E-state index in [0.29, 0.717) is 16.8 Å². The first-order valence-electron chi connectivity index (χ1n) is 5.74. The quantitative estimate of drug-likeness (QED) is 0.685. The van der Waals surface area contributed by atoms with Crippen molar-refractivity contribution in [2.24, 2.45) is 0 Å². The Kier molecular flexibility index (Phi) is 4.13. The highest BCUT2D eigenvalue weighted by Crippen LogP contribution is 2.33. The third-order valence-corrected chi connectivity index (χ3v) is 3.51. The Bertz CT molecular complexity index is 455. The van der Waals surface area contributed by atoms with Gasteiger partial charge in [-0.1, -0.05) is 0 Å². The summed E-state index contributed by atoms with van der Waals surface area (Å²) in [5.41, 5.74) is 0.484. The molecule has 0 amide bonds. The van der Waals surface area contributed by atoms with Gasteiger partial charge in [0.2, 0.25) is 0 Å². The summed E-state index contributed by atoms with van der Waals surface area (Å²) < 4.78 is 6.06. The molecule has 2 heterocycles. The Hall–Kier alpha value is -1.21. The number of halogens is 1. The number of aromatic nitrogens is 1. The molecule has 6 nitrogen and oxygen atoms in total. The van der Waals surface area contributed by atoms with E-state index in [1.807, 2.05) is 6.92 Å². The van der Waals surface area contributed by atoms with Gasteiger partial charge in [-0.05, 0) is 35.7 Å². The summed E-state index contributed by atoms with van der Waals surface area (Å²) in [7, 11) is 0. The van der Waals surface area contributed by atoms with Gasteiger partial charge in [-0.3, -0.25) is 15.1 Å². The molecule has 1 aliphatic heterocycles. The lowest BCUT2D eigenvalue weighted by Gasteiger charge is -2.28. The smallest absolute Gasteiger partial charge is 0.311 e. The van der Waals surface area contributed by atoms with E-state index in [2.05, 4.69) is 26.2 Å². The van der Waals surface area contributed by atoms with E-state index in [1.165, 1.54) is 6.20 Å². The van der Waals surface area contributed by atoms with Crippen molar-refractivity contribution in [3.63, 3.8) is 0 Å². The van der Waals surface area contributed by atoms with Crippen LogP contribution < -0.4 is 5.32 Å². The molecule has 0 aromatic carbocycles. The van der Waals surface area contributed by atoms with E-state index in [-0.39, 0.29) is 17.8 Å². The molecule has 0 bridgehead atoms. The highest BCUT2D eigenvalue weighted by atomic mass is 79.9. The lowest BCUT2D eigenvalue weighted by molar-refractivity contribution is -0.384. The molecule has 0 aliphatic carbocycles. The van der Waals surface area contributed by atoms with Crippen LogP contribution in [-0.4, -0.2) is 28.7 Å². The summed E-state index contributed by atoms with van der Waals surface area (Å²) in [6, 6.07) is 0.186.